The average Bonchev–Trinajstić information content (AvgIpc) is 2.90. The molecule has 1 aliphatic heterocycles. The number of halogens is 3. The van der Waals surface area contributed by atoms with Gasteiger partial charge in [-0.1, -0.05) is 11.6 Å². The lowest BCUT2D eigenvalue weighted by Crippen LogP contribution is -2.43. The van der Waals surface area contributed by atoms with E-state index in [0.29, 0.717) is 17.9 Å². The van der Waals surface area contributed by atoms with Crippen molar-refractivity contribution in [3.05, 3.63) is 53.1 Å². The molecule has 0 radical (unpaired) electrons. The minimum Gasteiger partial charge on any atom is -0.451 e. The summed E-state index contributed by atoms with van der Waals surface area (Å²) in [6.07, 6.45) is 0.610. The molecule has 0 aromatic heterocycles. The van der Waals surface area contributed by atoms with Crippen LogP contribution in [0.15, 0.2) is 41.3 Å². The van der Waals surface area contributed by atoms with Crippen LogP contribution < -0.4 is 10.2 Å². The fourth-order valence-corrected chi connectivity index (χ4v) is 4.92. The summed E-state index contributed by atoms with van der Waals surface area (Å²) in [7, 11) is 1.23. The molecule has 3 rings (SSSR count). The smallest absolute Gasteiger partial charge is 0.409 e. The second-order valence-corrected chi connectivity index (χ2v) is 10.7. The van der Waals surface area contributed by atoms with Crippen LogP contribution in [0, 0.1) is 11.6 Å². The number of ether oxygens (including phenoxy) is 2. The Morgan fingerprint density at radius 1 is 1.16 bits per heavy atom. The molecule has 0 spiro atoms. The van der Waals surface area contributed by atoms with Crippen molar-refractivity contribution in [3.63, 3.8) is 0 Å². The van der Waals surface area contributed by atoms with E-state index < -0.39 is 46.9 Å². The number of hydroxylamine groups is 1. The molecule has 10 nitrogen and oxygen atoms in total. The van der Waals surface area contributed by atoms with Gasteiger partial charge in [-0.2, -0.15) is 0 Å². The maximum atomic E-state index is 14.8. The van der Waals surface area contributed by atoms with E-state index in [-0.39, 0.29) is 29.8 Å². The summed E-state index contributed by atoms with van der Waals surface area (Å²) >= 11 is 5.80. The van der Waals surface area contributed by atoms with Gasteiger partial charge in [0.1, 0.15) is 22.8 Å². The van der Waals surface area contributed by atoms with Gasteiger partial charge < -0.3 is 19.3 Å². The van der Waals surface area contributed by atoms with E-state index >= 15 is 0 Å². The first kappa shape index (κ1) is 29.7. The van der Waals surface area contributed by atoms with Gasteiger partial charge in [-0.3, -0.25) is 10.0 Å². The van der Waals surface area contributed by atoms with Crippen LogP contribution in [0.3, 0.4) is 0 Å². The number of carbonyl (C=O) groups excluding carboxylic acids is 2. The maximum absolute atomic E-state index is 14.8. The fourth-order valence-electron chi connectivity index (χ4n) is 3.61. The van der Waals surface area contributed by atoms with Crippen LogP contribution >= 0.6 is 11.6 Å². The maximum Gasteiger partial charge on any atom is 0.409 e. The molecule has 14 heteroatoms. The summed E-state index contributed by atoms with van der Waals surface area (Å²) in [5, 5.41) is 9.34. The van der Waals surface area contributed by atoms with Crippen LogP contribution in [-0.4, -0.2) is 88.4 Å². The van der Waals surface area contributed by atoms with E-state index in [1.54, 1.807) is 0 Å². The normalized spacial score (nSPS) is 15.2. The lowest BCUT2D eigenvalue weighted by atomic mass is 10.1. The van der Waals surface area contributed by atoms with Crippen molar-refractivity contribution in [1.82, 2.24) is 19.6 Å². The number of rotatable bonds is 10. The second-order valence-electron chi connectivity index (χ2n) is 8.73. The first-order valence-electron chi connectivity index (χ1n) is 11.7. The monoisotopic (exact) mass is 574 g/mol. The predicted octanol–water partition coefficient (Wildman–Crippen LogP) is 3.40. The molecule has 2 amide bonds. The van der Waals surface area contributed by atoms with Crippen LogP contribution in [0.1, 0.15) is 12.8 Å². The SMILES string of the molecule is CN1CCC(OC(=O)N(C)CCN(CC(=O)NO)S(=O)c2cc(F)c(Oc3ccc(Cl)cc3)c(F)c2)CC1. The highest BCUT2D eigenvalue weighted by atomic mass is 35.5. The largest absolute Gasteiger partial charge is 0.451 e. The highest BCUT2D eigenvalue weighted by Gasteiger charge is 2.25. The third-order valence-corrected chi connectivity index (χ3v) is 7.49. The minimum absolute atomic E-state index is 0.0152. The van der Waals surface area contributed by atoms with Gasteiger partial charge >= 0.3 is 6.09 Å². The zero-order valence-electron chi connectivity index (χ0n) is 20.9. The number of benzene rings is 2. The fraction of sp³-hybridized carbons (Fsp3) is 0.417. The number of hydrogen-bond donors (Lipinski definition) is 2. The summed E-state index contributed by atoms with van der Waals surface area (Å²) in [6, 6.07) is 7.48. The summed E-state index contributed by atoms with van der Waals surface area (Å²) in [5.41, 5.74) is 1.43. The molecule has 38 heavy (non-hydrogen) atoms. The third kappa shape index (κ3) is 8.33. The Morgan fingerprint density at radius 2 is 1.76 bits per heavy atom. The van der Waals surface area contributed by atoms with Gasteiger partial charge in [-0.25, -0.2) is 27.6 Å². The molecule has 1 unspecified atom stereocenters. The Kier molecular flexibility index (Phi) is 10.8. The number of nitrogens with zero attached hydrogens (tertiary/aromatic N) is 3. The van der Waals surface area contributed by atoms with Crippen LogP contribution in [0.2, 0.25) is 5.02 Å². The molecule has 2 aromatic rings. The molecule has 1 heterocycles. The van der Waals surface area contributed by atoms with Crippen molar-refractivity contribution in [2.75, 3.05) is 46.8 Å². The van der Waals surface area contributed by atoms with Gasteiger partial charge in [0.15, 0.2) is 17.4 Å². The van der Waals surface area contributed by atoms with Gasteiger partial charge in [0.05, 0.1) is 11.4 Å². The Balaban J connectivity index is 1.68. The number of amides is 2. The molecule has 0 bridgehead atoms. The highest BCUT2D eigenvalue weighted by Crippen LogP contribution is 2.30. The van der Waals surface area contributed by atoms with Crippen LogP contribution in [0.25, 0.3) is 0 Å². The molecule has 0 saturated carbocycles. The van der Waals surface area contributed by atoms with Gasteiger partial charge in [0.2, 0.25) is 0 Å². The molecule has 208 valence electrons. The number of likely N-dealkylation sites (tertiary alicyclic amines) is 1. The standard InChI is InChI=1S/C24H29ClF2N4O6S/c1-29-9-7-18(8-10-29)37-24(33)30(2)11-12-31(15-22(32)28-34)38(35)19-13-20(26)23(21(27)14-19)36-17-5-3-16(25)4-6-17/h3-6,13-14,18,34H,7-12,15H2,1-2H3,(H,28,32). The number of piperidine rings is 1. The van der Waals surface area contributed by atoms with E-state index in [2.05, 4.69) is 4.90 Å². The Morgan fingerprint density at radius 3 is 2.34 bits per heavy atom. The Bertz CT molecular complexity index is 1130. The van der Waals surface area contributed by atoms with E-state index in [1.165, 1.54) is 41.7 Å². The second kappa shape index (κ2) is 13.8. The molecule has 1 saturated heterocycles. The van der Waals surface area contributed by atoms with Crippen molar-refractivity contribution < 1.29 is 37.3 Å². The first-order valence-corrected chi connectivity index (χ1v) is 13.2. The topological polar surface area (TPSA) is 112 Å². The summed E-state index contributed by atoms with van der Waals surface area (Å²) < 4.78 is 54.5. The van der Waals surface area contributed by atoms with Crippen LogP contribution in [0.4, 0.5) is 13.6 Å². The predicted molar refractivity (Wildman–Crippen MR) is 135 cm³/mol. The molecule has 1 atom stereocenters. The number of likely N-dealkylation sites (N-methyl/N-ethyl adjacent to an activating group) is 1. The molecule has 2 aromatic carbocycles. The number of carbonyl (C=O) groups is 2. The van der Waals surface area contributed by atoms with E-state index in [1.807, 2.05) is 7.05 Å². The highest BCUT2D eigenvalue weighted by molar-refractivity contribution is 7.82. The zero-order chi connectivity index (χ0) is 27.8. The van der Waals surface area contributed by atoms with Crippen molar-refractivity contribution in [1.29, 1.82) is 0 Å². The third-order valence-electron chi connectivity index (χ3n) is 5.82. The van der Waals surface area contributed by atoms with Crippen molar-refractivity contribution >= 4 is 34.6 Å². The molecular weight excluding hydrogens is 546 g/mol. The van der Waals surface area contributed by atoms with Gasteiger partial charge in [0, 0.05) is 38.2 Å². The first-order chi connectivity index (χ1) is 18.1. The average molecular weight is 575 g/mol. The molecular formula is C24H29ClF2N4O6S. The Hall–Kier alpha value is -2.84. The van der Waals surface area contributed by atoms with Gasteiger partial charge in [0.25, 0.3) is 5.91 Å². The minimum atomic E-state index is -2.24. The summed E-state index contributed by atoms with van der Waals surface area (Å²) in [6.45, 7) is 0.889. The molecule has 2 N–H and O–H groups in total. The number of nitrogens with one attached hydrogen (secondary N) is 1. The molecule has 1 aliphatic rings. The van der Waals surface area contributed by atoms with E-state index in [9.17, 15) is 22.6 Å². The van der Waals surface area contributed by atoms with E-state index in [4.69, 9.17) is 26.3 Å². The lowest BCUT2D eigenvalue weighted by Gasteiger charge is -2.30. The molecule has 0 aliphatic carbocycles. The van der Waals surface area contributed by atoms with Crippen LogP contribution in [-0.2, 0) is 20.5 Å². The zero-order valence-corrected chi connectivity index (χ0v) is 22.4. The van der Waals surface area contributed by atoms with Gasteiger partial charge in [-0.15, -0.1) is 0 Å². The van der Waals surface area contributed by atoms with Crippen molar-refractivity contribution in [2.24, 2.45) is 0 Å². The van der Waals surface area contributed by atoms with Crippen molar-refractivity contribution in [3.8, 4) is 11.5 Å². The van der Waals surface area contributed by atoms with E-state index in [0.717, 1.165) is 29.5 Å². The number of hydrogen-bond acceptors (Lipinski definition) is 7. The van der Waals surface area contributed by atoms with Gasteiger partial charge in [-0.05, 0) is 56.3 Å². The van der Waals surface area contributed by atoms with Crippen molar-refractivity contribution in [2.45, 2.75) is 23.8 Å². The summed E-state index contributed by atoms with van der Waals surface area (Å²) in [4.78, 5) is 27.4. The quantitative estimate of drug-likeness (QED) is 0.330. The van der Waals surface area contributed by atoms with Crippen LogP contribution in [0.5, 0.6) is 11.5 Å². The lowest BCUT2D eigenvalue weighted by molar-refractivity contribution is -0.129. The Labute approximate surface area is 226 Å². The summed E-state index contributed by atoms with van der Waals surface area (Å²) in [5.74, 6) is -3.71. The molecule has 1 fully saturated rings.